The molecule has 0 aromatic heterocycles. The molecule has 1 fully saturated rings. The lowest BCUT2D eigenvalue weighted by Crippen LogP contribution is -2.51. The number of ether oxygens (including phenoxy) is 1. The van der Waals surface area contributed by atoms with Gasteiger partial charge in [0.2, 0.25) is 11.8 Å². The van der Waals surface area contributed by atoms with Crippen molar-refractivity contribution in [1.29, 1.82) is 0 Å². The number of nitrogens with one attached hydrogen (secondary N) is 2. The zero-order valence-electron chi connectivity index (χ0n) is 12.8. The molecule has 6 nitrogen and oxygen atoms in total. The zero-order valence-corrected chi connectivity index (χ0v) is 15.1. The molecule has 1 aromatic rings. The Kier molecular flexibility index (Phi) is 6.77. The Morgan fingerprint density at radius 1 is 1.42 bits per heavy atom. The van der Waals surface area contributed by atoms with Crippen LogP contribution < -0.4 is 10.6 Å². The second-order valence-corrected chi connectivity index (χ2v) is 7.09. The topological polar surface area (TPSA) is 84.5 Å². The van der Waals surface area contributed by atoms with Crippen LogP contribution in [0.1, 0.15) is 13.3 Å². The number of amides is 2. The van der Waals surface area contributed by atoms with E-state index < -0.39 is 17.3 Å². The molecule has 1 aromatic carbocycles. The maximum atomic E-state index is 12.1. The van der Waals surface area contributed by atoms with Crippen LogP contribution >= 0.6 is 35.0 Å². The minimum absolute atomic E-state index is 0.0228. The van der Waals surface area contributed by atoms with Crippen LogP contribution in [0.25, 0.3) is 0 Å². The van der Waals surface area contributed by atoms with Crippen molar-refractivity contribution in [3.8, 4) is 0 Å². The van der Waals surface area contributed by atoms with Crippen LogP contribution in [0.4, 0.5) is 5.69 Å². The summed E-state index contributed by atoms with van der Waals surface area (Å²) in [4.78, 5) is 35.8. The van der Waals surface area contributed by atoms with Crippen LogP contribution in [-0.4, -0.2) is 41.4 Å². The Balaban J connectivity index is 1.89. The van der Waals surface area contributed by atoms with E-state index in [1.165, 1.54) is 17.8 Å². The number of rotatable bonds is 5. The molecule has 2 atom stereocenters. The first-order valence-electron chi connectivity index (χ1n) is 7.24. The molecule has 130 valence electrons. The van der Waals surface area contributed by atoms with Crippen molar-refractivity contribution in [2.75, 3.05) is 17.7 Å². The van der Waals surface area contributed by atoms with Crippen LogP contribution in [0.3, 0.4) is 0 Å². The molecule has 1 heterocycles. The number of carbonyl (C=O) groups is 3. The van der Waals surface area contributed by atoms with Crippen LogP contribution in [0.2, 0.25) is 10.0 Å². The first kappa shape index (κ1) is 18.9. The quantitative estimate of drug-likeness (QED) is 0.754. The van der Waals surface area contributed by atoms with E-state index in [9.17, 15) is 14.4 Å². The van der Waals surface area contributed by atoms with Gasteiger partial charge in [0.1, 0.15) is 6.04 Å². The van der Waals surface area contributed by atoms with Gasteiger partial charge in [-0.25, -0.2) is 4.79 Å². The van der Waals surface area contributed by atoms with Gasteiger partial charge in [0.15, 0.2) is 0 Å². The van der Waals surface area contributed by atoms with Crippen molar-refractivity contribution in [2.45, 2.75) is 24.6 Å². The van der Waals surface area contributed by atoms with Crippen molar-refractivity contribution >= 4 is 58.4 Å². The average molecular weight is 391 g/mol. The fourth-order valence-corrected chi connectivity index (χ4v) is 3.66. The lowest BCUT2D eigenvalue weighted by molar-refractivity contribution is -0.146. The van der Waals surface area contributed by atoms with Gasteiger partial charge >= 0.3 is 5.97 Å². The largest absolute Gasteiger partial charge is 0.464 e. The summed E-state index contributed by atoms with van der Waals surface area (Å²) in [5.41, 5.74) is 0.427. The van der Waals surface area contributed by atoms with Crippen LogP contribution in [-0.2, 0) is 19.1 Å². The van der Waals surface area contributed by atoms with Crippen molar-refractivity contribution < 1.29 is 19.1 Å². The average Bonchev–Trinajstić information content (AvgIpc) is 2.52. The lowest BCUT2D eigenvalue weighted by atomic mass is 10.2. The fourth-order valence-electron chi connectivity index (χ4n) is 2.08. The molecule has 2 amide bonds. The van der Waals surface area contributed by atoms with Gasteiger partial charge in [0, 0.05) is 17.2 Å². The summed E-state index contributed by atoms with van der Waals surface area (Å²) < 4.78 is 4.88. The highest BCUT2D eigenvalue weighted by Crippen LogP contribution is 2.27. The van der Waals surface area contributed by atoms with Crippen LogP contribution in [0.5, 0.6) is 0 Å². The number of benzene rings is 1. The highest BCUT2D eigenvalue weighted by molar-refractivity contribution is 8.00. The van der Waals surface area contributed by atoms with E-state index in [2.05, 4.69) is 10.6 Å². The van der Waals surface area contributed by atoms with E-state index in [1.807, 2.05) is 0 Å². The molecule has 1 aliphatic rings. The van der Waals surface area contributed by atoms with Crippen LogP contribution in [0, 0.1) is 0 Å². The zero-order chi connectivity index (χ0) is 17.7. The Morgan fingerprint density at radius 3 is 2.79 bits per heavy atom. The summed E-state index contributed by atoms with van der Waals surface area (Å²) >= 11 is 13.0. The van der Waals surface area contributed by atoms with E-state index in [0.29, 0.717) is 21.5 Å². The molecule has 2 N–H and O–H groups in total. The second-order valence-electron chi connectivity index (χ2n) is 5.01. The first-order valence-corrected chi connectivity index (χ1v) is 9.04. The van der Waals surface area contributed by atoms with E-state index in [0.717, 1.165) is 0 Å². The monoisotopic (exact) mass is 390 g/mol. The summed E-state index contributed by atoms with van der Waals surface area (Å²) in [5, 5.41) is 5.44. The number of halogens is 2. The van der Waals surface area contributed by atoms with Gasteiger partial charge in [0.05, 0.1) is 22.6 Å². The van der Waals surface area contributed by atoms with E-state index in [-0.39, 0.29) is 24.8 Å². The SMILES string of the molecule is CCOC(=O)[C@@H]1CS[C@@H](CC(=O)Nc2ccc(Cl)cc2Cl)C(=O)N1. The Bertz CT molecular complexity index is 656. The summed E-state index contributed by atoms with van der Waals surface area (Å²) in [6.07, 6.45) is -0.0228. The summed E-state index contributed by atoms with van der Waals surface area (Å²) in [6, 6.07) is 4.04. The standard InChI is InChI=1S/C15H16Cl2N2O4S/c1-2-23-15(22)11-7-24-12(14(21)19-11)6-13(20)18-10-4-3-8(16)5-9(10)17/h3-5,11-12H,2,6-7H2,1H3,(H,18,20)(H,19,21)/t11-,12-/m0/s1. The molecule has 0 bridgehead atoms. The van der Waals surface area contributed by atoms with Crippen molar-refractivity contribution in [1.82, 2.24) is 5.32 Å². The Morgan fingerprint density at radius 2 is 2.17 bits per heavy atom. The van der Waals surface area contributed by atoms with E-state index in [1.54, 1.807) is 19.1 Å². The summed E-state index contributed by atoms with van der Waals surface area (Å²) in [5.74, 6) is -0.804. The summed E-state index contributed by atoms with van der Waals surface area (Å²) in [7, 11) is 0. The number of hydrogen-bond acceptors (Lipinski definition) is 5. The molecule has 0 spiro atoms. The van der Waals surface area contributed by atoms with Gasteiger partial charge < -0.3 is 15.4 Å². The first-order chi connectivity index (χ1) is 11.4. The van der Waals surface area contributed by atoms with Gasteiger partial charge in [0.25, 0.3) is 0 Å². The second kappa shape index (κ2) is 8.60. The number of anilines is 1. The number of carbonyl (C=O) groups excluding carboxylic acids is 3. The van der Waals surface area contributed by atoms with Gasteiger partial charge in [-0.1, -0.05) is 23.2 Å². The molecule has 0 saturated carbocycles. The third kappa shape index (κ3) is 5.03. The van der Waals surface area contributed by atoms with Crippen molar-refractivity contribution in [3.05, 3.63) is 28.2 Å². The van der Waals surface area contributed by atoms with Crippen molar-refractivity contribution in [2.24, 2.45) is 0 Å². The van der Waals surface area contributed by atoms with Gasteiger partial charge in [-0.15, -0.1) is 11.8 Å². The molecule has 1 saturated heterocycles. The van der Waals surface area contributed by atoms with Gasteiger partial charge in [-0.3, -0.25) is 9.59 Å². The molecule has 0 radical (unpaired) electrons. The molecular formula is C15H16Cl2N2O4S. The van der Waals surface area contributed by atoms with Crippen molar-refractivity contribution in [3.63, 3.8) is 0 Å². The summed E-state index contributed by atoms with van der Waals surface area (Å²) in [6.45, 7) is 1.95. The number of esters is 1. The molecule has 9 heteroatoms. The fraction of sp³-hybridized carbons (Fsp3) is 0.400. The normalized spacial score (nSPS) is 20.2. The molecular weight excluding hydrogens is 375 g/mol. The third-order valence-electron chi connectivity index (χ3n) is 3.22. The molecule has 1 aliphatic heterocycles. The highest BCUT2D eigenvalue weighted by atomic mass is 35.5. The molecule has 24 heavy (non-hydrogen) atoms. The number of hydrogen-bond donors (Lipinski definition) is 2. The lowest BCUT2D eigenvalue weighted by Gasteiger charge is -2.27. The third-order valence-corrected chi connectivity index (χ3v) is 5.08. The minimum Gasteiger partial charge on any atom is -0.464 e. The maximum absolute atomic E-state index is 12.1. The van der Waals surface area contributed by atoms with Gasteiger partial charge in [-0.05, 0) is 25.1 Å². The maximum Gasteiger partial charge on any atom is 0.329 e. The predicted molar refractivity (Wildman–Crippen MR) is 94.5 cm³/mol. The predicted octanol–water partition coefficient (Wildman–Crippen LogP) is 2.49. The molecule has 0 aliphatic carbocycles. The Labute approximate surface area is 153 Å². The van der Waals surface area contributed by atoms with Gasteiger partial charge in [-0.2, -0.15) is 0 Å². The highest BCUT2D eigenvalue weighted by Gasteiger charge is 2.34. The smallest absolute Gasteiger partial charge is 0.329 e. The Hall–Kier alpha value is -1.44. The van der Waals surface area contributed by atoms with E-state index in [4.69, 9.17) is 27.9 Å². The molecule has 0 unspecified atom stereocenters. The molecule has 2 rings (SSSR count). The minimum atomic E-state index is -0.674. The number of thioether (sulfide) groups is 1. The van der Waals surface area contributed by atoms with Crippen LogP contribution in [0.15, 0.2) is 18.2 Å². The van der Waals surface area contributed by atoms with E-state index >= 15 is 0 Å².